The van der Waals surface area contributed by atoms with Crippen LogP contribution in [0.4, 0.5) is 0 Å². The molecule has 3 nitrogen and oxygen atoms in total. The van der Waals surface area contributed by atoms with Crippen molar-refractivity contribution in [2.24, 2.45) is 4.99 Å². The average molecular weight is 153 g/mol. The topological polar surface area (TPSA) is 35.5 Å². The number of rotatable bonds is 3. The highest BCUT2D eigenvalue weighted by atomic mass is 16.2. The van der Waals surface area contributed by atoms with Crippen molar-refractivity contribution in [1.82, 2.24) is 4.90 Å². The van der Waals surface area contributed by atoms with E-state index in [1.54, 1.807) is 6.34 Å². The number of allylic oxidation sites excluding steroid dienone is 1. The van der Waals surface area contributed by atoms with Crippen LogP contribution in [0.2, 0.25) is 0 Å². The van der Waals surface area contributed by atoms with Gasteiger partial charge >= 0.3 is 0 Å². The van der Waals surface area contributed by atoms with E-state index in [-0.39, 0.29) is 6.61 Å². The van der Waals surface area contributed by atoms with Crippen LogP contribution in [0.25, 0.3) is 0 Å². The summed E-state index contributed by atoms with van der Waals surface area (Å²) in [6.07, 6.45) is 5.40. The second-order valence-corrected chi connectivity index (χ2v) is 2.69. The molecule has 0 fully saturated rings. The van der Waals surface area contributed by atoms with Gasteiger partial charge in [0.25, 0.3) is 0 Å². The zero-order valence-electron chi connectivity index (χ0n) is 6.79. The van der Waals surface area contributed by atoms with E-state index in [0.29, 0.717) is 6.42 Å². The summed E-state index contributed by atoms with van der Waals surface area (Å²) in [6, 6.07) is 0. The molecule has 0 saturated heterocycles. The Morgan fingerprint density at radius 3 is 3.09 bits per heavy atom. The number of nitrogens with zero attached hydrogens (tertiary/aromatic N) is 2. The lowest BCUT2D eigenvalue weighted by atomic mass is 10.2. The van der Waals surface area contributed by atoms with Crippen LogP contribution in [0.5, 0.6) is 0 Å². The molecule has 0 amide bonds. The van der Waals surface area contributed by atoms with E-state index in [1.165, 1.54) is 0 Å². The summed E-state index contributed by atoms with van der Waals surface area (Å²) >= 11 is 0. The molecule has 61 valence electrons. The second kappa shape index (κ2) is 4.13. The molecule has 0 aromatic rings. The molecule has 1 rings (SSSR count). The molecule has 0 saturated carbocycles. The first kappa shape index (κ1) is 8.27. The molecule has 0 spiro atoms. The normalized spacial score (nSPS) is 16.9. The van der Waals surface area contributed by atoms with Crippen LogP contribution in [-0.2, 0) is 5.11 Å². The van der Waals surface area contributed by atoms with Crippen molar-refractivity contribution in [3.05, 3.63) is 11.8 Å². The molecule has 0 unspecified atom stereocenters. The van der Waals surface area contributed by atoms with Crippen LogP contribution in [0, 0.1) is 0 Å². The third-order valence-electron chi connectivity index (χ3n) is 1.61. The average Bonchev–Trinajstić information content (AvgIpc) is 2.04. The maximum absolute atomic E-state index is 10.1. The second-order valence-electron chi connectivity index (χ2n) is 2.69. The fourth-order valence-corrected chi connectivity index (χ4v) is 0.942. The van der Waals surface area contributed by atoms with Gasteiger partial charge in [0.1, 0.15) is 0 Å². The lowest BCUT2D eigenvalue weighted by Gasteiger charge is -2.15. The van der Waals surface area contributed by atoms with Crippen molar-refractivity contribution in [2.75, 3.05) is 20.2 Å². The summed E-state index contributed by atoms with van der Waals surface area (Å²) in [5.74, 6) is 0. The van der Waals surface area contributed by atoms with Crippen molar-refractivity contribution >= 4 is 6.34 Å². The zero-order chi connectivity index (χ0) is 8.10. The van der Waals surface area contributed by atoms with Gasteiger partial charge in [-0.3, -0.25) is 0 Å². The van der Waals surface area contributed by atoms with Gasteiger partial charge in [-0.05, 0) is 18.9 Å². The Balaban J connectivity index is 2.31. The first-order valence-corrected chi connectivity index (χ1v) is 3.84. The van der Waals surface area contributed by atoms with Gasteiger partial charge in [-0.2, -0.15) is 0 Å². The monoisotopic (exact) mass is 153 g/mol. The molecular formula is C8H13N2O. The summed E-state index contributed by atoms with van der Waals surface area (Å²) in [5.41, 5.74) is 1.05. The number of hydrogen-bond acceptors (Lipinski definition) is 2. The summed E-state index contributed by atoms with van der Waals surface area (Å²) < 4.78 is 0. The van der Waals surface area contributed by atoms with Crippen LogP contribution >= 0.6 is 0 Å². The highest BCUT2D eigenvalue weighted by Crippen LogP contribution is 2.08. The minimum Gasteiger partial charge on any atom is -0.362 e. The van der Waals surface area contributed by atoms with Crippen LogP contribution in [0.1, 0.15) is 12.8 Å². The quantitative estimate of drug-likeness (QED) is 0.597. The van der Waals surface area contributed by atoms with E-state index >= 15 is 0 Å². The standard InChI is InChI=1S/C8H13N2O/c1-10-5-4-8(9-7-10)3-2-6-11/h4,7H,2-3,5-6H2,1H3. The highest BCUT2D eigenvalue weighted by Gasteiger charge is 2.00. The predicted molar refractivity (Wildman–Crippen MR) is 44.0 cm³/mol. The van der Waals surface area contributed by atoms with Crippen molar-refractivity contribution in [2.45, 2.75) is 12.8 Å². The van der Waals surface area contributed by atoms with Gasteiger partial charge in [-0.1, -0.05) is 0 Å². The van der Waals surface area contributed by atoms with Gasteiger partial charge in [-0.15, -0.1) is 0 Å². The van der Waals surface area contributed by atoms with Gasteiger partial charge in [0.2, 0.25) is 0 Å². The minimum absolute atomic E-state index is 0.00268. The van der Waals surface area contributed by atoms with Gasteiger partial charge in [0, 0.05) is 19.3 Å². The van der Waals surface area contributed by atoms with Crippen LogP contribution in [-0.4, -0.2) is 31.4 Å². The molecule has 0 N–H and O–H groups in total. The van der Waals surface area contributed by atoms with Gasteiger partial charge in [0.15, 0.2) is 0 Å². The smallest absolute Gasteiger partial charge is 0.0908 e. The van der Waals surface area contributed by atoms with E-state index in [1.807, 2.05) is 11.9 Å². The molecule has 0 aromatic heterocycles. The molecular weight excluding hydrogens is 140 g/mol. The van der Waals surface area contributed by atoms with Crippen molar-refractivity contribution in [3.63, 3.8) is 0 Å². The van der Waals surface area contributed by atoms with Crippen LogP contribution in [0.3, 0.4) is 0 Å². The summed E-state index contributed by atoms with van der Waals surface area (Å²) in [5, 5.41) is 10.1. The maximum atomic E-state index is 10.1. The fraction of sp³-hybridized carbons (Fsp3) is 0.625. The Labute approximate surface area is 67.0 Å². The third-order valence-corrected chi connectivity index (χ3v) is 1.61. The molecule has 1 aliphatic rings. The number of aliphatic imine (C=N–C) groups is 1. The molecule has 11 heavy (non-hydrogen) atoms. The highest BCUT2D eigenvalue weighted by molar-refractivity contribution is 5.58. The molecule has 0 bridgehead atoms. The Morgan fingerprint density at radius 1 is 1.73 bits per heavy atom. The lowest BCUT2D eigenvalue weighted by molar-refractivity contribution is 0.189. The van der Waals surface area contributed by atoms with Gasteiger partial charge < -0.3 is 4.90 Å². The SMILES string of the molecule is CN1C=NC(CCC[O])=CC1. The van der Waals surface area contributed by atoms with Crippen molar-refractivity contribution < 1.29 is 5.11 Å². The number of likely N-dealkylation sites (N-methyl/N-ethyl adjacent to an activating group) is 1. The van der Waals surface area contributed by atoms with E-state index in [2.05, 4.69) is 11.1 Å². The number of hydrogen-bond donors (Lipinski definition) is 0. The van der Waals surface area contributed by atoms with E-state index in [9.17, 15) is 5.11 Å². The summed E-state index contributed by atoms with van der Waals surface area (Å²) in [4.78, 5) is 6.17. The Bertz CT molecular complexity index is 175. The largest absolute Gasteiger partial charge is 0.362 e. The summed E-state index contributed by atoms with van der Waals surface area (Å²) in [6.45, 7) is 0.917. The van der Waals surface area contributed by atoms with E-state index in [4.69, 9.17) is 0 Å². The lowest BCUT2D eigenvalue weighted by Crippen LogP contribution is -2.19. The first-order valence-electron chi connectivity index (χ1n) is 3.84. The summed E-state index contributed by atoms with van der Waals surface area (Å²) in [7, 11) is 1.98. The molecule has 1 heterocycles. The molecule has 1 aliphatic heterocycles. The maximum Gasteiger partial charge on any atom is 0.0908 e. The zero-order valence-corrected chi connectivity index (χ0v) is 6.79. The predicted octanol–water partition coefficient (Wildman–Crippen LogP) is 1.05. The molecule has 0 atom stereocenters. The van der Waals surface area contributed by atoms with Gasteiger partial charge in [0.05, 0.1) is 12.9 Å². The Morgan fingerprint density at radius 2 is 2.55 bits per heavy atom. The first-order chi connectivity index (χ1) is 5.33. The molecule has 1 radical (unpaired) electrons. The van der Waals surface area contributed by atoms with Crippen molar-refractivity contribution in [1.29, 1.82) is 0 Å². The minimum atomic E-state index is 0.00268. The van der Waals surface area contributed by atoms with Crippen LogP contribution in [0.15, 0.2) is 16.8 Å². The van der Waals surface area contributed by atoms with Crippen LogP contribution < -0.4 is 0 Å². The molecule has 0 aliphatic carbocycles. The molecule has 0 aromatic carbocycles. The molecule has 3 heteroatoms. The van der Waals surface area contributed by atoms with Crippen molar-refractivity contribution in [3.8, 4) is 0 Å². The van der Waals surface area contributed by atoms with E-state index < -0.39 is 0 Å². The third kappa shape index (κ3) is 2.72. The Kier molecular flexibility index (Phi) is 3.11. The van der Waals surface area contributed by atoms with E-state index in [0.717, 1.165) is 18.7 Å². The van der Waals surface area contributed by atoms with Gasteiger partial charge in [-0.25, -0.2) is 10.1 Å². The Hall–Kier alpha value is -0.830. The fourth-order valence-electron chi connectivity index (χ4n) is 0.942.